The van der Waals surface area contributed by atoms with Crippen LogP contribution < -0.4 is 10.1 Å². The number of benzene rings is 2. The quantitative estimate of drug-likeness (QED) is 0.901. The molecular formula is C17H17F2NO. The second-order valence-corrected chi connectivity index (χ2v) is 5.31. The summed E-state index contributed by atoms with van der Waals surface area (Å²) in [5.41, 5.74) is 2.58. The van der Waals surface area contributed by atoms with Crippen LogP contribution in [-0.2, 0) is 6.54 Å². The molecule has 2 aromatic carbocycles. The molecule has 0 amide bonds. The second kappa shape index (κ2) is 5.82. The second-order valence-electron chi connectivity index (χ2n) is 5.31. The molecule has 0 saturated heterocycles. The molecule has 1 aliphatic carbocycles. The number of nitrogens with one attached hydrogen (secondary N) is 1. The third-order valence-electron chi connectivity index (χ3n) is 3.70. The largest absolute Gasteiger partial charge is 0.497 e. The topological polar surface area (TPSA) is 21.3 Å². The molecular weight excluding hydrogens is 272 g/mol. The lowest BCUT2D eigenvalue weighted by Crippen LogP contribution is -2.16. The molecule has 0 unspecified atom stereocenters. The Bertz CT molecular complexity index is 653. The molecule has 1 fully saturated rings. The van der Waals surface area contributed by atoms with Crippen LogP contribution in [0.4, 0.5) is 8.78 Å². The van der Waals surface area contributed by atoms with Gasteiger partial charge in [-0.25, -0.2) is 8.78 Å². The van der Waals surface area contributed by atoms with E-state index in [0.29, 0.717) is 18.2 Å². The van der Waals surface area contributed by atoms with Crippen molar-refractivity contribution in [3.8, 4) is 16.9 Å². The molecule has 0 bridgehead atoms. The van der Waals surface area contributed by atoms with Gasteiger partial charge in [0.25, 0.3) is 0 Å². The van der Waals surface area contributed by atoms with Crippen LogP contribution in [0.1, 0.15) is 18.4 Å². The molecule has 110 valence electrons. The van der Waals surface area contributed by atoms with E-state index in [2.05, 4.69) is 5.32 Å². The van der Waals surface area contributed by atoms with Crippen molar-refractivity contribution in [3.05, 3.63) is 53.6 Å². The normalized spacial score (nSPS) is 14.2. The maximum atomic E-state index is 13.5. The molecule has 2 nitrogen and oxygen atoms in total. The lowest BCUT2D eigenvalue weighted by atomic mass is 9.99. The fourth-order valence-electron chi connectivity index (χ4n) is 2.33. The highest BCUT2D eigenvalue weighted by atomic mass is 19.2. The molecule has 0 aliphatic heterocycles. The van der Waals surface area contributed by atoms with Crippen molar-refractivity contribution in [1.29, 1.82) is 0 Å². The Kier molecular flexibility index (Phi) is 3.88. The van der Waals surface area contributed by atoms with Gasteiger partial charge in [0.2, 0.25) is 0 Å². The summed E-state index contributed by atoms with van der Waals surface area (Å²) in [6.45, 7) is 0.691. The Morgan fingerprint density at radius 2 is 1.90 bits per heavy atom. The van der Waals surface area contributed by atoms with Gasteiger partial charge in [-0.2, -0.15) is 0 Å². The highest BCUT2D eigenvalue weighted by Crippen LogP contribution is 2.29. The highest BCUT2D eigenvalue weighted by molar-refractivity contribution is 5.68. The zero-order valence-corrected chi connectivity index (χ0v) is 11.8. The van der Waals surface area contributed by atoms with Crippen molar-refractivity contribution in [2.24, 2.45) is 0 Å². The van der Waals surface area contributed by atoms with Crippen molar-refractivity contribution in [2.75, 3.05) is 7.11 Å². The van der Waals surface area contributed by atoms with E-state index in [1.54, 1.807) is 13.2 Å². The monoisotopic (exact) mass is 289 g/mol. The first-order valence-corrected chi connectivity index (χ1v) is 7.03. The molecule has 1 N–H and O–H groups in total. The third kappa shape index (κ3) is 3.22. The SMILES string of the molecule is COc1ccc(-c2ccc(F)c(F)c2)c(CNC2CC2)c1. The summed E-state index contributed by atoms with van der Waals surface area (Å²) in [7, 11) is 1.62. The lowest BCUT2D eigenvalue weighted by molar-refractivity contribution is 0.414. The van der Waals surface area contributed by atoms with Crippen LogP contribution in [-0.4, -0.2) is 13.2 Å². The Morgan fingerprint density at radius 1 is 1.10 bits per heavy atom. The summed E-state index contributed by atoms with van der Waals surface area (Å²) >= 11 is 0. The predicted molar refractivity (Wildman–Crippen MR) is 78.2 cm³/mol. The molecule has 4 heteroatoms. The molecule has 1 saturated carbocycles. The molecule has 0 aromatic heterocycles. The molecule has 0 spiro atoms. The Balaban J connectivity index is 1.96. The average Bonchev–Trinajstić information content (AvgIpc) is 3.32. The minimum atomic E-state index is -0.829. The standard InChI is InChI=1S/C17H17F2NO/c1-21-14-5-6-15(11-2-7-16(18)17(19)9-11)12(8-14)10-20-13-3-4-13/h2,5-9,13,20H,3-4,10H2,1H3. The average molecular weight is 289 g/mol. The van der Waals surface area contributed by atoms with Gasteiger partial charge in [0.15, 0.2) is 11.6 Å². The minimum absolute atomic E-state index is 0.578. The van der Waals surface area contributed by atoms with E-state index in [-0.39, 0.29) is 0 Å². The summed E-state index contributed by atoms with van der Waals surface area (Å²) in [5, 5.41) is 3.44. The van der Waals surface area contributed by atoms with Gasteiger partial charge >= 0.3 is 0 Å². The van der Waals surface area contributed by atoms with Crippen molar-refractivity contribution in [3.63, 3.8) is 0 Å². The predicted octanol–water partition coefficient (Wildman–Crippen LogP) is 3.89. The summed E-state index contributed by atoms with van der Waals surface area (Å²) in [6, 6.07) is 10.2. The van der Waals surface area contributed by atoms with E-state index in [4.69, 9.17) is 4.74 Å². The fourth-order valence-corrected chi connectivity index (χ4v) is 2.33. The first-order valence-electron chi connectivity index (χ1n) is 7.03. The van der Waals surface area contributed by atoms with E-state index in [9.17, 15) is 8.78 Å². The fraction of sp³-hybridized carbons (Fsp3) is 0.294. The van der Waals surface area contributed by atoms with Gasteiger partial charge < -0.3 is 10.1 Å². The van der Waals surface area contributed by atoms with Crippen LogP contribution in [0.15, 0.2) is 36.4 Å². The number of rotatable bonds is 5. The Morgan fingerprint density at radius 3 is 2.57 bits per heavy atom. The maximum Gasteiger partial charge on any atom is 0.159 e. The van der Waals surface area contributed by atoms with Crippen LogP contribution >= 0.6 is 0 Å². The number of hydrogen-bond donors (Lipinski definition) is 1. The van der Waals surface area contributed by atoms with Gasteiger partial charge in [-0.1, -0.05) is 12.1 Å². The van der Waals surface area contributed by atoms with E-state index >= 15 is 0 Å². The molecule has 0 heterocycles. The molecule has 0 atom stereocenters. The van der Waals surface area contributed by atoms with Crippen molar-refractivity contribution in [1.82, 2.24) is 5.32 Å². The number of methoxy groups -OCH3 is 1. The smallest absolute Gasteiger partial charge is 0.159 e. The molecule has 3 rings (SSSR count). The third-order valence-corrected chi connectivity index (χ3v) is 3.70. The Hall–Kier alpha value is -1.94. The Labute approximate surface area is 122 Å². The number of ether oxygens (including phenoxy) is 1. The molecule has 1 aliphatic rings. The van der Waals surface area contributed by atoms with Crippen LogP contribution in [0, 0.1) is 11.6 Å². The molecule has 0 radical (unpaired) electrons. The van der Waals surface area contributed by atoms with Gasteiger partial charge in [-0.3, -0.25) is 0 Å². The van der Waals surface area contributed by atoms with Crippen LogP contribution in [0.2, 0.25) is 0 Å². The van der Waals surface area contributed by atoms with Crippen molar-refractivity contribution >= 4 is 0 Å². The summed E-state index contributed by atoms with van der Waals surface area (Å²) in [4.78, 5) is 0. The van der Waals surface area contributed by atoms with Gasteiger partial charge in [-0.15, -0.1) is 0 Å². The number of halogens is 2. The van der Waals surface area contributed by atoms with Crippen LogP contribution in [0.25, 0.3) is 11.1 Å². The van der Waals surface area contributed by atoms with Gasteiger partial charge in [0.05, 0.1) is 7.11 Å². The van der Waals surface area contributed by atoms with Crippen LogP contribution in [0.3, 0.4) is 0 Å². The minimum Gasteiger partial charge on any atom is -0.497 e. The first kappa shape index (κ1) is 14.0. The van der Waals surface area contributed by atoms with E-state index < -0.39 is 11.6 Å². The molecule has 2 aromatic rings. The van der Waals surface area contributed by atoms with Gasteiger partial charge in [0, 0.05) is 12.6 Å². The van der Waals surface area contributed by atoms with Crippen LogP contribution in [0.5, 0.6) is 5.75 Å². The van der Waals surface area contributed by atoms with Gasteiger partial charge in [-0.05, 0) is 53.8 Å². The zero-order valence-electron chi connectivity index (χ0n) is 11.8. The summed E-state index contributed by atoms with van der Waals surface area (Å²) < 4.78 is 31.8. The summed E-state index contributed by atoms with van der Waals surface area (Å²) in [5.74, 6) is -0.900. The zero-order chi connectivity index (χ0) is 14.8. The van der Waals surface area contributed by atoms with Gasteiger partial charge in [0.1, 0.15) is 5.75 Å². The maximum absolute atomic E-state index is 13.5. The summed E-state index contributed by atoms with van der Waals surface area (Å²) in [6.07, 6.45) is 2.40. The lowest BCUT2D eigenvalue weighted by Gasteiger charge is -2.13. The van der Waals surface area contributed by atoms with E-state index in [0.717, 1.165) is 22.9 Å². The highest BCUT2D eigenvalue weighted by Gasteiger charge is 2.21. The first-order chi connectivity index (χ1) is 10.2. The molecule has 21 heavy (non-hydrogen) atoms. The van der Waals surface area contributed by atoms with E-state index in [1.165, 1.54) is 18.9 Å². The van der Waals surface area contributed by atoms with Crippen molar-refractivity contribution in [2.45, 2.75) is 25.4 Å². The number of hydrogen-bond acceptors (Lipinski definition) is 2. The van der Waals surface area contributed by atoms with E-state index in [1.807, 2.05) is 18.2 Å². The van der Waals surface area contributed by atoms with Crippen molar-refractivity contribution < 1.29 is 13.5 Å².